The van der Waals surface area contributed by atoms with E-state index in [-0.39, 0.29) is 18.0 Å². The number of benzene rings is 2. The molecule has 2 aliphatic rings. The summed E-state index contributed by atoms with van der Waals surface area (Å²) in [5.74, 6) is 0.812. The number of aliphatic imine (C=N–C) groups is 1. The molecule has 42 heavy (non-hydrogen) atoms. The molecule has 1 amide bonds. The Morgan fingerprint density at radius 3 is 2.50 bits per heavy atom. The van der Waals surface area contributed by atoms with Crippen molar-refractivity contribution in [3.8, 4) is 11.3 Å². The zero-order chi connectivity index (χ0) is 29.4. The van der Waals surface area contributed by atoms with Crippen LogP contribution >= 0.6 is 0 Å². The summed E-state index contributed by atoms with van der Waals surface area (Å²) >= 11 is 0. The van der Waals surface area contributed by atoms with Crippen molar-refractivity contribution in [1.29, 1.82) is 0 Å². The molecule has 216 valence electrons. The predicted octanol–water partition coefficient (Wildman–Crippen LogP) is 6.02. The van der Waals surface area contributed by atoms with Crippen molar-refractivity contribution in [2.45, 2.75) is 51.0 Å². The van der Waals surface area contributed by atoms with Crippen LogP contribution in [0.25, 0.3) is 11.3 Å². The van der Waals surface area contributed by atoms with E-state index in [1.807, 2.05) is 61.5 Å². The third-order valence-electron chi connectivity index (χ3n) is 7.83. The highest BCUT2D eigenvalue weighted by Crippen LogP contribution is 2.31. The topological polar surface area (TPSA) is 87.4 Å². The maximum Gasteiger partial charge on any atom is 0.417 e. The first-order valence-corrected chi connectivity index (χ1v) is 13.8. The fraction of sp³-hybridized carbons (Fsp3) is 0.290. The van der Waals surface area contributed by atoms with Crippen LogP contribution in [0, 0.1) is 6.92 Å². The third kappa shape index (κ3) is 5.46. The summed E-state index contributed by atoms with van der Waals surface area (Å²) in [5.41, 5.74) is 3.21. The first kappa shape index (κ1) is 27.5. The van der Waals surface area contributed by atoms with Crippen LogP contribution in [0.3, 0.4) is 0 Å². The average molecular weight is 574 g/mol. The molecule has 1 aliphatic heterocycles. The number of nitrogens with one attached hydrogen (secondary N) is 2. The van der Waals surface area contributed by atoms with E-state index in [0.29, 0.717) is 40.8 Å². The Labute approximate surface area is 241 Å². The van der Waals surface area contributed by atoms with Gasteiger partial charge >= 0.3 is 6.18 Å². The molecule has 0 bridgehead atoms. The first-order valence-electron chi connectivity index (χ1n) is 13.8. The lowest BCUT2D eigenvalue weighted by Gasteiger charge is -2.19. The molecule has 2 aromatic carbocycles. The molecule has 4 aromatic rings. The number of pyridine rings is 1. The standard InChI is InChI=1S/C31H30F3N7O/c1-19-27(29(42)40(2)30-37-25-9-6-10-26(25)38-30)28(36-23-7-4-3-5-8-23)39-41(19)18-20-11-13-21(14-12-20)24-16-15-22(17-35-24)31(32,33)34/h3-5,7-8,11-17,25-26H,6,9-10,18H2,1-2H3,(H,36,39)(H,37,38)/t25-,26+. The van der Waals surface area contributed by atoms with Gasteiger partial charge in [0.05, 0.1) is 35.6 Å². The summed E-state index contributed by atoms with van der Waals surface area (Å²) in [6.07, 6.45) is -0.387. The average Bonchev–Trinajstić information content (AvgIpc) is 3.67. The monoisotopic (exact) mass is 573 g/mol. The molecule has 6 rings (SSSR count). The number of alkyl halides is 3. The zero-order valence-corrected chi connectivity index (χ0v) is 23.2. The van der Waals surface area contributed by atoms with Crippen molar-refractivity contribution >= 4 is 23.4 Å². The van der Waals surface area contributed by atoms with E-state index in [4.69, 9.17) is 10.1 Å². The third-order valence-corrected chi connectivity index (χ3v) is 7.83. The van der Waals surface area contributed by atoms with E-state index >= 15 is 0 Å². The van der Waals surface area contributed by atoms with Crippen LogP contribution in [0.4, 0.5) is 24.7 Å². The van der Waals surface area contributed by atoms with Gasteiger partial charge in [0, 0.05) is 24.5 Å². The molecule has 0 radical (unpaired) electrons. The molecule has 0 unspecified atom stereocenters. The number of carbonyl (C=O) groups excluding carboxylic acids is 1. The van der Waals surface area contributed by atoms with Gasteiger partial charge in [0.2, 0.25) is 5.96 Å². The lowest BCUT2D eigenvalue weighted by atomic mass is 10.1. The molecule has 1 aliphatic carbocycles. The normalized spacial score (nSPS) is 17.9. The van der Waals surface area contributed by atoms with Crippen molar-refractivity contribution in [2.24, 2.45) is 4.99 Å². The predicted molar refractivity (Wildman–Crippen MR) is 155 cm³/mol. The van der Waals surface area contributed by atoms with Crippen molar-refractivity contribution in [2.75, 3.05) is 12.4 Å². The van der Waals surface area contributed by atoms with Crippen LogP contribution < -0.4 is 10.6 Å². The van der Waals surface area contributed by atoms with Crippen LogP contribution in [0.5, 0.6) is 0 Å². The van der Waals surface area contributed by atoms with Crippen LogP contribution in [0.15, 0.2) is 77.9 Å². The number of carbonyl (C=O) groups is 1. The minimum atomic E-state index is -4.43. The molecule has 11 heteroatoms. The van der Waals surface area contributed by atoms with E-state index in [1.165, 1.54) is 6.07 Å². The first-order chi connectivity index (χ1) is 20.2. The molecule has 2 atom stereocenters. The van der Waals surface area contributed by atoms with E-state index in [9.17, 15) is 18.0 Å². The fourth-order valence-electron chi connectivity index (χ4n) is 5.46. The number of aromatic nitrogens is 3. The quantitative estimate of drug-likeness (QED) is 0.295. The van der Waals surface area contributed by atoms with Gasteiger partial charge in [0.25, 0.3) is 5.91 Å². The lowest BCUT2D eigenvalue weighted by Crippen LogP contribution is -2.43. The van der Waals surface area contributed by atoms with E-state index in [2.05, 4.69) is 15.6 Å². The number of amides is 1. The van der Waals surface area contributed by atoms with Gasteiger partial charge in [0.15, 0.2) is 5.82 Å². The number of nitrogens with zero attached hydrogens (tertiary/aromatic N) is 5. The fourth-order valence-corrected chi connectivity index (χ4v) is 5.46. The molecular formula is C31H30F3N7O. The van der Waals surface area contributed by atoms with Gasteiger partial charge in [-0.1, -0.05) is 42.5 Å². The van der Waals surface area contributed by atoms with E-state index in [1.54, 1.807) is 16.6 Å². The minimum Gasteiger partial charge on any atom is -0.351 e. The Morgan fingerprint density at radius 2 is 1.83 bits per heavy atom. The molecule has 8 nitrogen and oxygen atoms in total. The van der Waals surface area contributed by atoms with Crippen LogP contribution in [-0.4, -0.2) is 50.7 Å². The molecule has 0 spiro atoms. The summed E-state index contributed by atoms with van der Waals surface area (Å²) in [4.78, 5) is 24.2. The number of fused-ring (bicyclic) bond motifs is 1. The number of hydrogen-bond donors (Lipinski definition) is 2. The highest BCUT2D eigenvalue weighted by molar-refractivity contribution is 6.09. The summed E-state index contributed by atoms with van der Waals surface area (Å²) in [5, 5.41) is 11.5. The maximum absolute atomic E-state index is 13.9. The molecule has 0 saturated heterocycles. The second kappa shape index (κ2) is 11.0. The van der Waals surface area contributed by atoms with Gasteiger partial charge in [-0.25, -0.2) is 4.99 Å². The summed E-state index contributed by atoms with van der Waals surface area (Å²) < 4.78 is 40.5. The van der Waals surface area contributed by atoms with Gasteiger partial charge in [-0.15, -0.1) is 0 Å². The Kier molecular flexibility index (Phi) is 7.17. The Morgan fingerprint density at radius 1 is 1.07 bits per heavy atom. The zero-order valence-electron chi connectivity index (χ0n) is 23.2. The van der Waals surface area contributed by atoms with Crippen LogP contribution in [0.2, 0.25) is 0 Å². The molecular weight excluding hydrogens is 543 g/mol. The van der Waals surface area contributed by atoms with Crippen LogP contribution in [-0.2, 0) is 12.7 Å². The lowest BCUT2D eigenvalue weighted by molar-refractivity contribution is -0.137. The van der Waals surface area contributed by atoms with Crippen molar-refractivity contribution < 1.29 is 18.0 Å². The van der Waals surface area contributed by atoms with Gasteiger partial charge in [-0.2, -0.15) is 18.3 Å². The van der Waals surface area contributed by atoms with Crippen molar-refractivity contribution in [1.82, 2.24) is 25.0 Å². The van der Waals surface area contributed by atoms with Crippen molar-refractivity contribution in [3.05, 3.63) is 95.3 Å². The van der Waals surface area contributed by atoms with Crippen LogP contribution in [0.1, 0.15) is 46.4 Å². The Balaban J connectivity index is 1.26. The smallest absolute Gasteiger partial charge is 0.351 e. The second-order valence-electron chi connectivity index (χ2n) is 10.7. The van der Waals surface area contributed by atoms with Gasteiger partial charge in [-0.3, -0.25) is 19.4 Å². The van der Waals surface area contributed by atoms with Gasteiger partial charge < -0.3 is 10.6 Å². The van der Waals surface area contributed by atoms with Crippen molar-refractivity contribution in [3.63, 3.8) is 0 Å². The van der Waals surface area contributed by atoms with E-state index in [0.717, 1.165) is 42.8 Å². The number of halogens is 3. The molecule has 2 N–H and O–H groups in total. The molecule has 1 fully saturated rings. The highest BCUT2D eigenvalue weighted by Gasteiger charge is 2.36. The number of anilines is 2. The van der Waals surface area contributed by atoms with E-state index < -0.39 is 11.7 Å². The molecule has 1 saturated carbocycles. The molecule has 2 aromatic heterocycles. The largest absolute Gasteiger partial charge is 0.417 e. The molecule has 3 heterocycles. The highest BCUT2D eigenvalue weighted by atomic mass is 19.4. The number of rotatable bonds is 6. The summed E-state index contributed by atoms with van der Waals surface area (Å²) in [6.45, 7) is 2.25. The van der Waals surface area contributed by atoms with Gasteiger partial charge in [-0.05, 0) is 56.0 Å². The second-order valence-corrected chi connectivity index (χ2v) is 10.7. The number of guanidine groups is 1. The Bertz CT molecular complexity index is 1610. The minimum absolute atomic E-state index is 0.210. The number of para-hydroxylation sites is 1. The SMILES string of the molecule is Cc1c(C(=O)N(C)C2=N[C@@H]3CCC[C@@H]3N2)c(Nc2ccccc2)nn1Cc1ccc(-c2ccc(C(F)(F)F)cn2)cc1. The summed E-state index contributed by atoms with van der Waals surface area (Å²) in [6, 6.07) is 19.8. The Hall–Kier alpha value is -4.67. The van der Waals surface area contributed by atoms with Gasteiger partial charge in [0.1, 0.15) is 5.56 Å². The number of hydrogen-bond acceptors (Lipinski definition) is 6. The summed E-state index contributed by atoms with van der Waals surface area (Å²) in [7, 11) is 1.73. The maximum atomic E-state index is 13.9.